The van der Waals surface area contributed by atoms with Crippen molar-refractivity contribution < 1.29 is 24.1 Å². The van der Waals surface area contributed by atoms with E-state index in [1.54, 1.807) is 31.3 Å². The summed E-state index contributed by atoms with van der Waals surface area (Å²) in [4.78, 5) is 13.3. The van der Waals surface area contributed by atoms with Crippen LogP contribution < -0.4 is 9.47 Å². The molecule has 0 spiro atoms. The van der Waals surface area contributed by atoms with Crippen LogP contribution in [0.5, 0.6) is 11.5 Å². The van der Waals surface area contributed by atoms with Crippen LogP contribution in [-0.4, -0.2) is 62.5 Å². The molecule has 1 unspecified atom stereocenters. The van der Waals surface area contributed by atoms with Gasteiger partial charge < -0.3 is 24.2 Å². The number of methoxy groups -OCH3 is 1. The highest BCUT2D eigenvalue weighted by atomic mass is 16.5. The lowest BCUT2D eigenvalue weighted by Crippen LogP contribution is -2.38. The number of hydrogen-bond acceptors (Lipinski definition) is 5. The minimum Gasteiger partial charge on any atom is -0.494 e. The Hall–Kier alpha value is -1.79. The topological polar surface area (TPSA) is 68.2 Å². The van der Waals surface area contributed by atoms with E-state index < -0.39 is 6.10 Å². The zero-order valence-electron chi connectivity index (χ0n) is 12.7. The Morgan fingerprint density at radius 2 is 1.81 bits per heavy atom. The van der Waals surface area contributed by atoms with Gasteiger partial charge in [-0.15, -0.1) is 0 Å². The molecule has 1 atom stereocenters. The summed E-state index contributed by atoms with van der Waals surface area (Å²) < 4.78 is 15.5. The quantitative estimate of drug-likeness (QED) is 0.734. The third-order valence-electron chi connectivity index (χ3n) is 2.77. The largest absolute Gasteiger partial charge is 0.494 e. The van der Waals surface area contributed by atoms with Crippen LogP contribution in [0.3, 0.4) is 0 Å². The summed E-state index contributed by atoms with van der Waals surface area (Å²) in [6.07, 6.45) is -0.700. The van der Waals surface area contributed by atoms with Crippen molar-refractivity contribution >= 4 is 5.91 Å². The SMILES string of the molecule is CCOc1ccc(OCC(=O)N(C)CC(O)COC)cc1. The van der Waals surface area contributed by atoms with Crippen LogP contribution in [0.4, 0.5) is 0 Å². The molecule has 1 N–H and O–H groups in total. The van der Waals surface area contributed by atoms with Crippen molar-refractivity contribution in [3.63, 3.8) is 0 Å². The van der Waals surface area contributed by atoms with Crippen molar-refractivity contribution in [2.24, 2.45) is 0 Å². The molecule has 1 rings (SSSR count). The Bertz CT molecular complexity index is 421. The monoisotopic (exact) mass is 297 g/mol. The van der Waals surface area contributed by atoms with Gasteiger partial charge in [0.05, 0.1) is 19.3 Å². The number of rotatable bonds is 9. The Morgan fingerprint density at radius 1 is 1.24 bits per heavy atom. The lowest BCUT2D eigenvalue weighted by atomic mass is 10.3. The van der Waals surface area contributed by atoms with Gasteiger partial charge in [0.15, 0.2) is 6.61 Å². The van der Waals surface area contributed by atoms with Crippen molar-refractivity contribution in [1.29, 1.82) is 0 Å². The number of ether oxygens (including phenoxy) is 3. The van der Waals surface area contributed by atoms with E-state index in [9.17, 15) is 9.90 Å². The molecule has 0 aliphatic heterocycles. The molecule has 1 aromatic carbocycles. The van der Waals surface area contributed by atoms with Crippen LogP contribution in [0.2, 0.25) is 0 Å². The number of hydrogen-bond donors (Lipinski definition) is 1. The van der Waals surface area contributed by atoms with Gasteiger partial charge in [-0.1, -0.05) is 0 Å². The number of amides is 1. The van der Waals surface area contributed by atoms with E-state index in [1.807, 2.05) is 6.92 Å². The van der Waals surface area contributed by atoms with Gasteiger partial charge >= 0.3 is 0 Å². The number of aliphatic hydroxyl groups is 1. The average Bonchev–Trinajstić information content (AvgIpc) is 2.46. The Kier molecular flexibility index (Phi) is 7.56. The van der Waals surface area contributed by atoms with E-state index in [2.05, 4.69) is 0 Å². The van der Waals surface area contributed by atoms with Crippen molar-refractivity contribution in [1.82, 2.24) is 4.90 Å². The second kappa shape index (κ2) is 9.20. The Labute approximate surface area is 125 Å². The van der Waals surface area contributed by atoms with E-state index >= 15 is 0 Å². The molecular weight excluding hydrogens is 274 g/mol. The second-order valence-corrected chi connectivity index (χ2v) is 4.58. The highest BCUT2D eigenvalue weighted by Gasteiger charge is 2.14. The smallest absolute Gasteiger partial charge is 0.260 e. The van der Waals surface area contributed by atoms with Crippen molar-refractivity contribution in [2.45, 2.75) is 13.0 Å². The van der Waals surface area contributed by atoms with Gasteiger partial charge in [-0.05, 0) is 31.2 Å². The number of likely N-dealkylation sites (N-methyl/N-ethyl adjacent to an activating group) is 1. The van der Waals surface area contributed by atoms with Gasteiger partial charge in [0.1, 0.15) is 11.5 Å². The first-order valence-corrected chi connectivity index (χ1v) is 6.83. The molecule has 0 saturated carbocycles. The van der Waals surface area contributed by atoms with Crippen LogP contribution in [-0.2, 0) is 9.53 Å². The predicted molar refractivity (Wildman–Crippen MR) is 78.6 cm³/mol. The molecule has 0 radical (unpaired) electrons. The highest BCUT2D eigenvalue weighted by molar-refractivity contribution is 5.77. The molecule has 1 amide bonds. The molecule has 0 heterocycles. The number of aliphatic hydroxyl groups excluding tert-OH is 1. The van der Waals surface area contributed by atoms with Gasteiger partial charge in [-0.3, -0.25) is 4.79 Å². The molecule has 118 valence electrons. The molecule has 6 heteroatoms. The molecule has 1 aromatic rings. The summed E-state index contributed by atoms with van der Waals surface area (Å²) >= 11 is 0. The predicted octanol–water partition coefficient (Wildman–Crippen LogP) is 0.930. The molecule has 0 aliphatic rings. The maximum absolute atomic E-state index is 11.8. The summed E-state index contributed by atoms with van der Waals surface area (Å²) in [5, 5.41) is 9.56. The van der Waals surface area contributed by atoms with Crippen LogP contribution in [0, 0.1) is 0 Å². The van der Waals surface area contributed by atoms with Crippen LogP contribution in [0.1, 0.15) is 6.92 Å². The first-order valence-electron chi connectivity index (χ1n) is 6.83. The van der Waals surface area contributed by atoms with Gasteiger partial charge in [0.2, 0.25) is 0 Å². The van der Waals surface area contributed by atoms with Gasteiger partial charge in [0, 0.05) is 20.7 Å². The normalized spacial score (nSPS) is 11.8. The summed E-state index contributed by atoms with van der Waals surface area (Å²) in [7, 11) is 3.11. The Balaban J connectivity index is 2.37. The van der Waals surface area contributed by atoms with E-state index in [4.69, 9.17) is 14.2 Å². The van der Waals surface area contributed by atoms with E-state index in [-0.39, 0.29) is 25.7 Å². The lowest BCUT2D eigenvalue weighted by molar-refractivity contribution is -0.133. The standard InChI is InChI=1S/C15H23NO5/c1-4-20-13-5-7-14(8-6-13)21-11-15(18)16(2)9-12(17)10-19-3/h5-8,12,17H,4,9-11H2,1-3H3. The van der Waals surface area contributed by atoms with Crippen LogP contribution >= 0.6 is 0 Å². The van der Waals surface area contributed by atoms with Gasteiger partial charge in [-0.2, -0.15) is 0 Å². The summed E-state index contributed by atoms with van der Waals surface area (Å²) in [5.41, 5.74) is 0. The van der Waals surface area contributed by atoms with Crippen molar-refractivity contribution in [2.75, 3.05) is 40.5 Å². The summed E-state index contributed by atoms with van der Waals surface area (Å²) in [5.74, 6) is 1.15. The van der Waals surface area contributed by atoms with Crippen LogP contribution in [0.15, 0.2) is 24.3 Å². The fourth-order valence-electron chi connectivity index (χ4n) is 1.72. The minimum atomic E-state index is -0.700. The third-order valence-corrected chi connectivity index (χ3v) is 2.77. The molecule has 0 bridgehead atoms. The molecule has 0 saturated heterocycles. The van der Waals surface area contributed by atoms with E-state index in [0.29, 0.717) is 12.4 Å². The molecule has 0 fully saturated rings. The number of nitrogens with zero attached hydrogens (tertiary/aromatic N) is 1. The molecule has 0 aromatic heterocycles. The number of carbonyl (C=O) groups is 1. The summed E-state index contributed by atoms with van der Waals surface area (Å²) in [6.45, 7) is 2.84. The Morgan fingerprint density at radius 3 is 2.33 bits per heavy atom. The van der Waals surface area contributed by atoms with Crippen molar-refractivity contribution in [3.05, 3.63) is 24.3 Å². The number of benzene rings is 1. The fourth-order valence-corrected chi connectivity index (χ4v) is 1.72. The molecular formula is C15H23NO5. The average molecular weight is 297 g/mol. The summed E-state index contributed by atoms with van der Waals surface area (Å²) in [6, 6.07) is 7.07. The molecule has 21 heavy (non-hydrogen) atoms. The van der Waals surface area contributed by atoms with Gasteiger partial charge in [-0.25, -0.2) is 0 Å². The van der Waals surface area contributed by atoms with Crippen LogP contribution in [0.25, 0.3) is 0 Å². The lowest BCUT2D eigenvalue weighted by Gasteiger charge is -2.20. The third kappa shape index (κ3) is 6.46. The first-order chi connectivity index (χ1) is 10.1. The molecule has 0 aliphatic carbocycles. The maximum atomic E-state index is 11.8. The fraction of sp³-hybridized carbons (Fsp3) is 0.533. The minimum absolute atomic E-state index is 0.0792. The number of carbonyl (C=O) groups excluding carboxylic acids is 1. The molecule has 6 nitrogen and oxygen atoms in total. The van der Waals surface area contributed by atoms with Crippen molar-refractivity contribution in [3.8, 4) is 11.5 Å². The second-order valence-electron chi connectivity index (χ2n) is 4.58. The highest BCUT2D eigenvalue weighted by Crippen LogP contribution is 2.17. The zero-order valence-corrected chi connectivity index (χ0v) is 12.7. The zero-order chi connectivity index (χ0) is 15.7. The maximum Gasteiger partial charge on any atom is 0.260 e. The van der Waals surface area contributed by atoms with E-state index in [0.717, 1.165) is 5.75 Å². The first kappa shape index (κ1) is 17.3. The van der Waals surface area contributed by atoms with E-state index in [1.165, 1.54) is 12.0 Å². The van der Waals surface area contributed by atoms with Gasteiger partial charge in [0.25, 0.3) is 5.91 Å².